The highest BCUT2D eigenvalue weighted by molar-refractivity contribution is 7.92. The normalized spacial score (nSPS) is 16.5. The number of nitrogens with two attached hydrogens (primary N) is 1. The molecule has 0 radical (unpaired) electrons. The molecule has 120 heavy (non-hydrogen) atoms. The van der Waals surface area contributed by atoms with Gasteiger partial charge in [0.2, 0.25) is 5.95 Å². The smallest absolute Gasteiger partial charge is 0.489 e. The summed E-state index contributed by atoms with van der Waals surface area (Å²) in [5.74, 6) is 3.65. The zero-order valence-corrected chi connectivity index (χ0v) is 76.9. The van der Waals surface area contributed by atoms with E-state index in [1.54, 1.807) is 60.9 Å². The first-order valence-electron chi connectivity index (χ1n) is 41.7. The van der Waals surface area contributed by atoms with Gasteiger partial charge in [-0.1, -0.05) is 47.5 Å². The van der Waals surface area contributed by atoms with Crippen molar-refractivity contribution >= 4 is 98.1 Å². The summed E-state index contributed by atoms with van der Waals surface area (Å²) >= 11 is 12.3. The number of nitrogens with zero attached hydrogens (tertiary/aromatic N) is 6. The lowest BCUT2D eigenvalue weighted by atomic mass is 9.75. The molecule has 658 valence electrons. The second-order valence-corrected chi connectivity index (χ2v) is 38.0. The van der Waals surface area contributed by atoms with Gasteiger partial charge in [-0.15, -0.1) is 0 Å². The molecule has 3 saturated heterocycles. The third-order valence-electron chi connectivity index (χ3n) is 20.3. The van der Waals surface area contributed by atoms with Crippen molar-refractivity contribution in [3.63, 3.8) is 0 Å². The summed E-state index contributed by atoms with van der Waals surface area (Å²) in [4.78, 5) is 57.7. The molecule has 2 amide bonds. The van der Waals surface area contributed by atoms with Crippen LogP contribution in [0.5, 0.6) is 23.0 Å². The van der Waals surface area contributed by atoms with Gasteiger partial charge >= 0.3 is 30.7 Å². The first-order valence-corrected chi connectivity index (χ1v) is 43.4. The predicted octanol–water partition coefficient (Wildman–Crippen LogP) is 20.4. The fraction of sp³-hybridized carbons (Fsp3) is 0.551. The van der Waals surface area contributed by atoms with Crippen LogP contribution in [0, 0.1) is 47.9 Å². The van der Waals surface area contributed by atoms with Gasteiger partial charge in [0.25, 0.3) is 0 Å². The second kappa shape index (κ2) is 42.7. The number of hydrogen-bond donors (Lipinski definition) is 5. The van der Waals surface area contributed by atoms with E-state index in [-0.39, 0.29) is 105 Å². The number of piperidine rings is 2. The number of ether oxygens (including phenoxy) is 6. The number of aromatic nitrogens is 2. The first-order chi connectivity index (χ1) is 56.2. The number of hydrogen-bond acceptors (Lipinski definition) is 23. The highest BCUT2D eigenvalue weighted by atomic mass is 35.5. The number of nitrogen functional groups attached to an aromatic ring is 1. The number of amides is 2. The van der Waals surface area contributed by atoms with Gasteiger partial charge in [0.15, 0.2) is 27.2 Å². The Kier molecular flexibility index (Phi) is 34.3. The maximum Gasteiger partial charge on any atom is 0.490 e. The quantitative estimate of drug-likeness (QED) is 0.0205. The molecule has 0 saturated carbocycles. The third kappa shape index (κ3) is 28.3. The minimum Gasteiger partial charge on any atom is -0.489 e. The summed E-state index contributed by atoms with van der Waals surface area (Å²) in [5.41, 5.74) is 15.7. The number of rotatable bonds is 20. The molecule has 0 spiro atoms. The Balaban J connectivity index is 0.000000217. The highest BCUT2D eigenvalue weighted by Crippen LogP contribution is 2.43. The van der Waals surface area contributed by atoms with Crippen molar-refractivity contribution in [3.8, 4) is 23.0 Å². The fourth-order valence-electron chi connectivity index (χ4n) is 13.6. The van der Waals surface area contributed by atoms with E-state index >= 15 is 0 Å². The van der Waals surface area contributed by atoms with Crippen LogP contribution in [0.25, 0.3) is 5.57 Å². The molecule has 27 nitrogen and oxygen atoms in total. The molecule has 11 rings (SSSR count). The lowest BCUT2D eigenvalue weighted by molar-refractivity contribution is -0.386. The van der Waals surface area contributed by atoms with Crippen LogP contribution < -0.4 is 45.9 Å². The van der Waals surface area contributed by atoms with E-state index in [1.165, 1.54) is 67.8 Å². The molecule has 5 aliphatic rings. The van der Waals surface area contributed by atoms with Gasteiger partial charge in [-0.3, -0.25) is 20.2 Å². The Morgan fingerprint density at radius 1 is 0.617 bits per heavy atom. The lowest BCUT2D eigenvalue weighted by Gasteiger charge is -2.32. The van der Waals surface area contributed by atoms with E-state index in [2.05, 4.69) is 69.3 Å². The van der Waals surface area contributed by atoms with Crippen molar-refractivity contribution in [2.75, 3.05) is 68.7 Å². The van der Waals surface area contributed by atoms with Gasteiger partial charge in [-0.2, -0.15) is 4.98 Å². The lowest BCUT2D eigenvalue weighted by Crippen LogP contribution is -2.41. The molecule has 5 aromatic carbocycles. The number of nitro groups is 2. The number of carbonyl (C=O) groups is 2. The molecular formula is C89H128BCl2N11O16S. The van der Waals surface area contributed by atoms with Gasteiger partial charge < -0.3 is 74.5 Å². The third-order valence-corrected chi connectivity index (χ3v) is 23.0. The van der Waals surface area contributed by atoms with E-state index < -0.39 is 36.1 Å². The SMILES string of the molecule is CC(C)(C)OC(=O)N1CC=C(B2OC(C)(C)C(C)(C)O2)CC1.Cc1cc(N)c(OC(C)C)cc1C1CCNCC1.Cc1cc([N+](=O)[O-])c(OC(C)C)cc1C1=CCN(C(=O)OC(C)(C)C)CC1.Cc1cc([N+](=O)[O-])c(OC(C)C)cc1Cl.[2H]C(C)(C)S(=O)(=O)c1ccccc1Nc1nc(Nc2cc(C)c(C3CCNCC3)cc2OC(C)C)ncc1Cl. The Morgan fingerprint density at radius 3 is 1.54 bits per heavy atom. The van der Waals surface area contributed by atoms with Crippen LogP contribution in [-0.2, 0) is 28.6 Å². The van der Waals surface area contributed by atoms with Crippen molar-refractivity contribution in [1.82, 2.24) is 30.4 Å². The highest BCUT2D eigenvalue weighted by Gasteiger charge is 2.52. The van der Waals surface area contributed by atoms with Gasteiger partial charge in [0.05, 0.1) is 78.8 Å². The van der Waals surface area contributed by atoms with Gasteiger partial charge in [0, 0.05) is 50.8 Å². The number of carbonyl (C=O) groups excluding carboxylic acids is 2. The summed E-state index contributed by atoms with van der Waals surface area (Å²) in [7, 11) is -4.27. The molecule has 0 atom stereocenters. The van der Waals surface area contributed by atoms with E-state index in [0.717, 1.165) is 90.3 Å². The minimum absolute atomic E-state index is 0.00839. The average Bonchev–Trinajstić information content (AvgIpc) is 1.51. The molecule has 0 unspecified atom stereocenters. The maximum absolute atomic E-state index is 13.0. The number of anilines is 5. The molecule has 1 aromatic heterocycles. The molecule has 0 bridgehead atoms. The monoisotopic (exact) mass is 1720 g/mol. The molecular weight excluding hydrogens is 1590 g/mol. The molecule has 0 aliphatic carbocycles. The topological polar surface area (TPSA) is 335 Å². The second-order valence-electron chi connectivity index (χ2n) is 34.9. The number of aryl methyl sites for hydroxylation is 4. The van der Waals surface area contributed by atoms with Crippen LogP contribution >= 0.6 is 23.2 Å². The predicted molar refractivity (Wildman–Crippen MR) is 480 cm³/mol. The van der Waals surface area contributed by atoms with Crippen molar-refractivity contribution in [3.05, 3.63) is 166 Å². The van der Waals surface area contributed by atoms with Crippen molar-refractivity contribution < 1.29 is 67.0 Å². The molecule has 3 fully saturated rings. The Morgan fingerprint density at radius 2 is 1.07 bits per heavy atom. The van der Waals surface area contributed by atoms with Gasteiger partial charge in [-0.05, 0) is 335 Å². The van der Waals surface area contributed by atoms with Gasteiger partial charge in [-0.25, -0.2) is 23.0 Å². The number of benzene rings is 5. The fourth-order valence-corrected chi connectivity index (χ4v) is 15.0. The molecule has 6 N–H and O–H groups in total. The summed E-state index contributed by atoms with van der Waals surface area (Å²) in [6, 6.07) is 21.0. The number of nitrogens with one attached hydrogen (secondary N) is 4. The minimum atomic E-state index is -3.95. The summed E-state index contributed by atoms with van der Waals surface area (Å²) in [6.07, 6.45) is 10.7. The molecule has 6 aromatic rings. The number of nitro benzene ring substituents is 2. The van der Waals surface area contributed by atoms with Crippen LogP contribution in [0.4, 0.5) is 49.8 Å². The first kappa shape index (κ1) is 96.5. The van der Waals surface area contributed by atoms with Crippen LogP contribution in [0.15, 0.2) is 102 Å². The Bertz CT molecular complexity index is 4770. The Hall–Kier alpha value is -8.97. The van der Waals surface area contributed by atoms with E-state index in [1.807, 2.05) is 130 Å². The standard InChI is InChI=1S/C28H36ClN5O3S.C20H28N2O5.C16H28BNO4.C15H24N2O.C10H12ClNO3/c1-17(2)37-25-15-21(20-10-12-30-13-11-20)19(5)14-24(25)33-28-31-16-22(29)27(34-28)32-23-8-6-7-9-26(23)38(35,36)18(3)4;1-13(2)26-18-12-16(14(3)11-17(18)22(24)25)15-7-9-21(10-8-15)19(23)27-20(4,5)6;1-14(2,3)20-13(19)18-10-8-12(9-11-18)17-21-15(4,5)16(6,7)22-17;1-10(2)18-15-9-13(11(3)8-14(15)16)12-4-6-17-7-5-12;1-6(2)15-10-5-8(11)7(3)4-9(10)12(13)14/h6-9,14-18,20,30H,10-13H2,1-5H3,(H2,31,32,33,34);7,11-13H,8-10H2,1-6H3;8H,9-11H2,1-7H3;8-10,12,17H,4-7,16H2,1-3H3;4-6H,1-3H3/i18D;;;;. The van der Waals surface area contributed by atoms with Crippen molar-refractivity contribution in [2.45, 2.75) is 273 Å². The summed E-state index contributed by atoms with van der Waals surface area (Å²) < 4.78 is 80.0. The molecule has 6 heterocycles. The van der Waals surface area contributed by atoms with E-state index in [4.69, 9.17) is 68.0 Å². The van der Waals surface area contributed by atoms with Crippen LogP contribution in [0.2, 0.25) is 10.0 Å². The van der Waals surface area contributed by atoms with Crippen molar-refractivity contribution in [1.29, 1.82) is 0 Å². The number of sulfone groups is 1. The summed E-state index contributed by atoms with van der Waals surface area (Å²) in [5, 5.41) is 34.2. The van der Waals surface area contributed by atoms with Gasteiger partial charge in [0.1, 0.15) is 27.7 Å². The van der Waals surface area contributed by atoms with E-state index in [0.29, 0.717) is 60.8 Å². The van der Waals surface area contributed by atoms with Crippen molar-refractivity contribution in [2.24, 2.45) is 0 Å². The molecule has 31 heteroatoms. The zero-order chi connectivity index (χ0) is 90.2. The number of halogens is 2. The maximum atomic E-state index is 13.0. The van der Waals surface area contributed by atoms with Crippen LogP contribution in [0.3, 0.4) is 0 Å². The van der Waals surface area contributed by atoms with Crippen LogP contribution in [-0.4, -0.2) is 162 Å². The Labute approximate surface area is 722 Å². The summed E-state index contributed by atoms with van der Waals surface area (Å²) in [6.45, 7) is 51.5. The average molecular weight is 1720 g/mol. The van der Waals surface area contributed by atoms with Crippen LogP contribution in [0.1, 0.15) is 229 Å². The number of para-hydroxylation sites is 1. The zero-order valence-electron chi connectivity index (χ0n) is 75.6. The van der Waals surface area contributed by atoms with E-state index in [9.17, 15) is 38.2 Å². The largest absolute Gasteiger partial charge is 0.490 e. The molecule has 5 aliphatic heterocycles.